The molecule has 170 valence electrons. The van der Waals surface area contributed by atoms with Crippen molar-refractivity contribution < 1.29 is 34.0 Å². The van der Waals surface area contributed by atoms with Crippen molar-refractivity contribution in [2.75, 3.05) is 26.2 Å². The number of rotatable bonds is 8. The van der Waals surface area contributed by atoms with Crippen LogP contribution in [0, 0.1) is 5.92 Å². The maximum absolute atomic E-state index is 13.1. The van der Waals surface area contributed by atoms with Gasteiger partial charge in [0.15, 0.2) is 23.0 Å². The number of hydrogen-bond acceptors (Lipinski definition) is 7. The first-order valence-electron chi connectivity index (χ1n) is 10.1. The Morgan fingerprint density at radius 3 is 2.12 bits per heavy atom. The number of para-hydroxylation sites is 2. The van der Waals surface area contributed by atoms with Crippen molar-refractivity contribution in [3.8, 4) is 23.0 Å². The summed E-state index contributed by atoms with van der Waals surface area (Å²) in [5, 5.41) is 21.2. The van der Waals surface area contributed by atoms with Gasteiger partial charge in [0.2, 0.25) is 5.75 Å². The highest BCUT2D eigenvalue weighted by Crippen LogP contribution is 2.48. The van der Waals surface area contributed by atoms with E-state index in [1.807, 2.05) is 13.8 Å². The van der Waals surface area contributed by atoms with Gasteiger partial charge in [-0.25, -0.2) is 0 Å². The molecule has 0 fully saturated rings. The molecule has 1 amide bonds. The van der Waals surface area contributed by atoms with Crippen molar-refractivity contribution >= 4 is 17.4 Å². The van der Waals surface area contributed by atoms with Crippen LogP contribution < -0.4 is 19.1 Å². The zero-order valence-corrected chi connectivity index (χ0v) is 18.7. The minimum absolute atomic E-state index is 0.0117. The highest BCUT2D eigenvalue weighted by Gasteiger charge is 2.45. The van der Waals surface area contributed by atoms with E-state index in [0.717, 1.165) is 0 Å². The fourth-order valence-electron chi connectivity index (χ4n) is 3.86. The molecule has 0 aliphatic carbocycles. The van der Waals surface area contributed by atoms with Crippen LogP contribution in [0.3, 0.4) is 0 Å². The Kier molecular flexibility index (Phi) is 6.62. The van der Waals surface area contributed by atoms with E-state index >= 15 is 0 Å². The van der Waals surface area contributed by atoms with Crippen LogP contribution >= 0.6 is 0 Å². The number of amides is 1. The average molecular weight is 441 g/mol. The number of carbonyl (C=O) groups is 2. The van der Waals surface area contributed by atoms with Gasteiger partial charge in [-0.3, -0.25) is 14.5 Å². The maximum atomic E-state index is 13.1. The number of ether oxygens (including phenoxy) is 3. The van der Waals surface area contributed by atoms with Gasteiger partial charge in [-0.15, -0.1) is 0 Å². The van der Waals surface area contributed by atoms with Crippen LogP contribution in [0.5, 0.6) is 23.0 Å². The van der Waals surface area contributed by atoms with Gasteiger partial charge in [0.1, 0.15) is 5.75 Å². The Morgan fingerprint density at radius 2 is 1.62 bits per heavy atom. The molecule has 1 aliphatic rings. The minimum Gasteiger partial charge on any atom is -0.506 e. The number of aliphatic hydroxyl groups excluding tert-OH is 1. The number of nitrogens with zero attached hydrogens (tertiary/aromatic N) is 1. The molecule has 1 aliphatic heterocycles. The first-order chi connectivity index (χ1) is 15.2. The first kappa shape index (κ1) is 23.0. The van der Waals surface area contributed by atoms with Crippen LogP contribution in [-0.2, 0) is 9.59 Å². The van der Waals surface area contributed by atoms with E-state index in [1.54, 1.807) is 30.3 Å². The highest BCUT2D eigenvalue weighted by atomic mass is 16.5. The minimum atomic E-state index is -1.00. The normalized spacial score (nSPS) is 16.0. The van der Waals surface area contributed by atoms with E-state index in [1.165, 1.54) is 32.3 Å². The fourth-order valence-corrected chi connectivity index (χ4v) is 3.86. The number of phenols is 1. The summed E-state index contributed by atoms with van der Waals surface area (Å²) in [6.07, 6.45) is 0.141. The maximum Gasteiger partial charge on any atom is 0.294 e. The Hall–Kier alpha value is -3.68. The van der Waals surface area contributed by atoms with E-state index in [9.17, 15) is 19.8 Å². The molecule has 8 heteroatoms. The monoisotopic (exact) mass is 441 g/mol. The van der Waals surface area contributed by atoms with Crippen molar-refractivity contribution in [3.05, 3.63) is 53.3 Å². The third-order valence-corrected chi connectivity index (χ3v) is 5.25. The van der Waals surface area contributed by atoms with E-state index in [-0.39, 0.29) is 35.1 Å². The molecule has 3 rings (SSSR count). The Labute approximate surface area is 186 Å². The molecular weight excluding hydrogens is 414 g/mol. The summed E-state index contributed by atoms with van der Waals surface area (Å²) < 4.78 is 16.2. The number of carbonyl (C=O) groups excluding carboxylic acids is 2. The van der Waals surface area contributed by atoms with Crippen molar-refractivity contribution in [1.82, 2.24) is 0 Å². The third kappa shape index (κ3) is 3.95. The van der Waals surface area contributed by atoms with Gasteiger partial charge < -0.3 is 24.4 Å². The highest BCUT2D eigenvalue weighted by molar-refractivity contribution is 6.17. The SMILES string of the molecule is COc1cc(C2C(C(=O)CC(C)C)=C(O)C(=O)N2c2ccccc2O)cc(OC)c1OC. The summed E-state index contributed by atoms with van der Waals surface area (Å²) >= 11 is 0. The molecule has 2 aromatic rings. The number of anilines is 1. The van der Waals surface area contributed by atoms with Gasteiger partial charge >= 0.3 is 0 Å². The molecule has 0 saturated heterocycles. The molecule has 1 unspecified atom stereocenters. The largest absolute Gasteiger partial charge is 0.506 e. The number of phenolic OH excluding ortho intramolecular Hbond substituents is 1. The molecular formula is C24H27NO7. The number of aromatic hydroxyl groups is 1. The number of methoxy groups -OCH3 is 3. The number of aliphatic hydroxyl groups is 1. The molecule has 2 aromatic carbocycles. The molecule has 2 N–H and O–H groups in total. The molecule has 8 nitrogen and oxygen atoms in total. The van der Waals surface area contributed by atoms with Crippen molar-refractivity contribution in [2.24, 2.45) is 5.92 Å². The predicted octanol–water partition coefficient (Wildman–Crippen LogP) is 3.93. The topological polar surface area (TPSA) is 106 Å². The Balaban J connectivity index is 2.28. The lowest BCUT2D eigenvalue weighted by Gasteiger charge is -2.28. The number of Topliss-reactive ketones (excluding diaryl/α,β-unsaturated/α-hetero) is 1. The third-order valence-electron chi connectivity index (χ3n) is 5.25. The quantitative estimate of drug-likeness (QED) is 0.639. The summed E-state index contributed by atoms with van der Waals surface area (Å²) in [7, 11) is 4.39. The van der Waals surface area contributed by atoms with Gasteiger partial charge in [-0.2, -0.15) is 0 Å². The van der Waals surface area contributed by atoms with E-state index in [4.69, 9.17) is 14.2 Å². The van der Waals surface area contributed by atoms with Crippen LogP contribution in [0.15, 0.2) is 47.7 Å². The second kappa shape index (κ2) is 9.21. The van der Waals surface area contributed by atoms with Gasteiger partial charge in [-0.05, 0) is 35.7 Å². The van der Waals surface area contributed by atoms with Gasteiger partial charge in [-0.1, -0.05) is 26.0 Å². The lowest BCUT2D eigenvalue weighted by Crippen LogP contribution is -2.31. The molecule has 32 heavy (non-hydrogen) atoms. The first-order valence-corrected chi connectivity index (χ1v) is 10.1. The Bertz CT molecular complexity index is 1050. The summed E-state index contributed by atoms with van der Waals surface area (Å²) in [5.74, 6) is -0.929. The second-order valence-electron chi connectivity index (χ2n) is 7.81. The average Bonchev–Trinajstić information content (AvgIpc) is 3.03. The number of hydrogen-bond donors (Lipinski definition) is 2. The zero-order valence-electron chi connectivity index (χ0n) is 18.7. The van der Waals surface area contributed by atoms with Gasteiger partial charge in [0, 0.05) is 6.42 Å². The lowest BCUT2D eigenvalue weighted by atomic mass is 9.91. The molecule has 0 saturated carbocycles. The molecule has 0 bridgehead atoms. The van der Waals surface area contributed by atoms with Gasteiger partial charge in [0.05, 0.1) is 38.6 Å². The molecule has 1 heterocycles. The van der Waals surface area contributed by atoms with Crippen molar-refractivity contribution in [2.45, 2.75) is 26.3 Å². The van der Waals surface area contributed by atoms with E-state index in [0.29, 0.717) is 22.8 Å². The summed E-state index contributed by atoms with van der Waals surface area (Å²) in [4.78, 5) is 27.5. The van der Waals surface area contributed by atoms with Crippen LogP contribution in [-0.4, -0.2) is 43.2 Å². The van der Waals surface area contributed by atoms with Gasteiger partial charge in [0.25, 0.3) is 5.91 Å². The van der Waals surface area contributed by atoms with E-state index < -0.39 is 17.7 Å². The Morgan fingerprint density at radius 1 is 1.03 bits per heavy atom. The standard InChI is InChI=1S/C24H27NO7/c1-13(2)10-17(27)20-21(14-11-18(30-3)23(32-5)19(12-14)31-4)25(24(29)22(20)28)15-8-6-7-9-16(15)26/h6-9,11-13,21,26,28H,10H2,1-5H3. The summed E-state index contributed by atoms with van der Waals surface area (Å²) in [6.45, 7) is 3.75. The van der Waals surface area contributed by atoms with Crippen LogP contribution in [0.4, 0.5) is 5.69 Å². The number of ketones is 1. The van der Waals surface area contributed by atoms with Crippen LogP contribution in [0.2, 0.25) is 0 Å². The molecule has 0 spiro atoms. The van der Waals surface area contributed by atoms with Crippen LogP contribution in [0.1, 0.15) is 31.9 Å². The zero-order chi connectivity index (χ0) is 23.6. The smallest absolute Gasteiger partial charge is 0.294 e. The predicted molar refractivity (Wildman–Crippen MR) is 119 cm³/mol. The van der Waals surface area contributed by atoms with Crippen molar-refractivity contribution in [3.63, 3.8) is 0 Å². The molecule has 0 radical (unpaired) electrons. The summed E-state index contributed by atoms with van der Waals surface area (Å²) in [5.41, 5.74) is 0.573. The van der Waals surface area contributed by atoms with Crippen LogP contribution in [0.25, 0.3) is 0 Å². The number of benzene rings is 2. The van der Waals surface area contributed by atoms with E-state index in [2.05, 4.69) is 0 Å². The van der Waals surface area contributed by atoms with Crippen molar-refractivity contribution in [1.29, 1.82) is 0 Å². The lowest BCUT2D eigenvalue weighted by molar-refractivity contribution is -0.118. The molecule has 1 atom stereocenters. The molecule has 0 aromatic heterocycles. The fraction of sp³-hybridized carbons (Fsp3) is 0.333. The summed E-state index contributed by atoms with van der Waals surface area (Å²) in [6, 6.07) is 8.48. The second-order valence-corrected chi connectivity index (χ2v) is 7.81.